The van der Waals surface area contributed by atoms with Gasteiger partial charge in [-0.25, -0.2) is 9.97 Å². The first-order valence-electron chi connectivity index (χ1n) is 10.1. The Morgan fingerprint density at radius 1 is 1.36 bits per heavy atom. The second kappa shape index (κ2) is 7.53. The Morgan fingerprint density at radius 2 is 2.32 bits per heavy atom. The second-order valence-corrected chi connectivity index (χ2v) is 7.80. The molecule has 1 fully saturated rings. The van der Waals surface area contributed by atoms with Crippen LogP contribution in [0.4, 0.5) is 0 Å². The second-order valence-electron chi connectivity index (χ2n) is 7.80. The van der Waals surface area contributed by atoms with Gasteiger partial charge >= 0.3 is 0 Å². The van der Waals surface area contributed by atoms with E-state index in [0.717, 1.165) is 61.9 Å². The van der Waals surface area contributed by atoms with Crippen LogP contribution in [0, 0.1) is 0 Å². The van der Waals surface area contributed by atoms with E-state index in [1.54, 1.807) is 7.11 Å². The molecule has 2 aromatic rings. The summed E-state index contributed by atoms with van der Waals surface area (Å²) in [5.74, 6) is 2.75. The highest BCUT2D eigenvalue weighted by Gasteiger charge is 2.24. The number of hydrogen-bond acceptors (Lipinski definition) is 6. The fraction of sp³-hybridized carbons (Fsp3) is 0.455. The van der Waals surface area contributed by atoms with Gasteiger partial charge in [-0.15, -0.1) is 0 Å². The number of rotatable bonds is 4. The first-order valence-corrected chi connectivity index (χ1v) is 10.1. The molecule has 0 spiro atoms. The van der Waals surface area contributed by atoms with E-state index >= 15 is 0 Å². The maximum atomic E-state index is 5.94. The number of aromatic nitrogens is 2. The normalized spacial score (nSPS) is 21.5. The van der Waals surface area contributed by atoms with Crippen LogP contribution in [0.2, 0.25) is 0 Å². The molecule has 3 aliphatic rings. The van der Waals surface area contributed by atoms with Crippen molar-refractivity contribution in [2.75, 3.05) is 33.4 Å². The summed E-state index contributed by atoms with van der Waals surface area (Å²) >= 11 is 0. The lowest BCUT2D eigenvalue weighted by atomic mass is 10.0. The molecule has 1 atom stereocenters. The molecule has 1 aromatic heterocycles. The van der Waals surface area contributed by atoms with Gasteiger partial charge in [0.1, 0.15) is 23.9 Å². The van der Waals surface area contributed by atoms with Crippen molar-refractivity contribution >= 4 is 6.08 Å². The zero-order valence-electron chi connectivity index (χ0n) is 16.3. The highest BCUT2D eigenvalue weighted by atomic mass is 16.5. The van der Waals surface area contributed by atoms with E-state index in [9.17, 15) is 0 Å². The average molecular weight is 378 g/mol. The van der Waals surface area contributed by atoms with Crippen LogP contribution in [0.15, 0.2) is 30.0 Å². The van der Waals surface area contributed by atoms with Crippen molar-refractivity contribution in [3.63, 3.8) is 0 Å². The van der Waals surface area contributed by atoms with E-state index in [-0.39, 0.29) is 0 Å². The van der Waals surface area contributed by atoms with Crippen LogP contribution < -0.4 is 14.8 Å². The third-order valence-corrected chi connectivity index (χ3v) is 5.82. The van der Waals surface area contributed by atoms with Crippen LogP contribution in [-0.2, 0) is 13.0 Å². The van der Waals surface area contributed by atoms with Crippen molar-refractivity contribution in [2.45, 2.75) is 31.8 Å². The SMILES string of the molecule is COc1ccc2c(c1)C=C(CN1CCc3nc([C@H]4CCCN4)ncc3C1)CO2. The molecule has 0 amide bonds. The molecule has 146 valence electrons. The maximum absolute atomic E-state index is 5.94. The van der Waals surface area contributed by atoms with E-state index in [0.29, 0.717) is 12.6 Å². The predicted molar refractivity (Wildman–Crippen MR) is 107 cm³/mol. The molecule has 6 heteroatoms. The van der Waals surface area contributed by atoms with Crippen molar-refractivity contribution in [3.8, 4) is 11.5 Å². The number of nitrogens with zero attached hydrogens (tertiary/aromatic N) is 3. The van der Waals surface area contributed by atoms with Gasteiger partial charge in [0.15, 0.2) is 0 Å². The van der Waals surface area contributed by atoms with Gasteiger partial charge in [0.2, 0.25) is 0 Å². The summed E-state index contributed by atoms with van der Waals surface area (Å²) in [6.45, 7) is 4.54. The van der Waals surface area contributed by atoms with Crippen molar-refractivity contribution in [3.05, 3.63) is 52.6 Å². The molecule has 0 aliphatic carbocycles. The fourth-order valence-electron chi connectivity index (χ4n) is 4.31. The van der Waals surface area contributed by atoms with Crippen LogP contribution in [0.1, 0.15) is 41.5 Å². The van der Waals surface area contributed by atoms with Gasteiger partial charge in [0.25, 0.3) is 0 Å². The van der Waals surface area contributed by atoms with Crippen LogP contribution in [0.3, 0.4) is 0 Å². The Morgan fingerprint density at radius 3 is 3.18 bits per heavy atom. The monoisotopic (exact) mass is 378 g/mol. The summed E-state index contributed by atoms with van der Waals surface area (Å²) in [5.41, 5.74) is 4.86. The van der Waals surface area contributed by atoms with E-state index in [1.165, 1.54) is 23.3 Å². The zero-order valence-corrected chi connectivity index (χ0v) is 16.3. The van der Waals surface area contributed by atoms with Crippen LogP contribution in [0.25, 0.3) is 6.08 Å². The van der Waals surface area contributed by atoms with Gasteiger partial charge < -0.3 is 14.8 Å². The van der Waals surface area contributed by atoms with Gasteiger partial charge in [-0.1, -0.05) is 0 Å². The predicted octanol–water partition coefficient (Wildman–Crippen LogP) is 2.74. The molecule has 1 N–H and O–H groups in total. The largest absolute Gasteiger partial charge is 0.497 e. The van der Waals surface area contributed by atoms with Gasteiger partial charge in [0.05, 0.1) is 13.2 Å². The number of hydrogen-bond donors (Lipinski definition) is 1. The Balaban J connectivity index is 1.28. The molecule has 1 saturated heterocycles. The summed E-state index contributed by atoms with van der Waals surface area (Å²) in [6.07, 6.45) is 7.62. The quantitative estimate of drug-likeness (QED) is 0.883. The van der Waals surface area contributed by atoms with E-state index < -0.39 is 0 Å². The number of ether oxygens (including phenoxy) is 2. The lowest BCUT2D eigenvalue weighted by molar-refractivity contribution is 0.254. The molecule has 0 unspecified atom stereocenters. The standard InChI is InChI=1S/C22H26N4O2/c1-27-18-4-5-21-16(10-18)9-15(14-28-21)12-26-8-6-19-17(13-26)11-24-22(25-19)20-3-2-7-23-20/h4-5,9-11,20,23H,2-3,6-8,12-14H2,1H3/t20-/m1/s1. The van der Waals surface area contributed by atoms with Crippen molar-refractivity contribution < 1.29 is 9.47 Å². The molecule has 0 saturated carbocycles. The molecule has 1 aromatic carbocycles. The fourth-order valence-corrected chi connectivity index (χ4v) is 4.31. The molecule has 0 bridgehead atoms. The molecule has 6 nitrogen and oxygen atoms in total. The third-order valence-electron chi connectivity index (χ3n) is 5.82. The lowest BCUT2D eigenvalue weighted by Gasteiger charge is -2.30. The Kier molecular flexibility index (Phi) is 4.74. The van der Waals surface area contributed by atoms with Gasteiger partial charge in [-0.05, 0) is 49.2 Å². The minimum absolute atomic E-state index is 0.338. The first kappa shape index (κ1) is 17.6. The number of benzene rings is 1. The van der Waals surface area contributed by atoms with Crippen molar-refractivity contribution in [2.24, 2.45) is 0 Å². The van der Waals surface area contributed by atoms with E-state index in [1.807, 2.05) is 24.4 Å². The lowest BCUT2D eigenvalue weighted by Crippen LogP contribution is -2.34. The Hall–Kier alpha value is -2.44. The summed E-state index contributed by atoms with van der Waals surface area (Å²) in [6, 6.07) is 6.29. The highest BCUT2D eigenvalue weighted by molar-refractivity contribution is 5.64. The van der Waals surface area contributed by atoms with Crippen LogP contribution in [-0.4, -0.2) is 48.2 Å². The van der Waals surface area contributed by atoms with Crippen LogP contribution >= 0.6 is 0 Å². The number of fused-ring (bicyclic) bond motifs is 2. The minimum Gasteiger partial charge on any atom is -0.497 e. The summed E-state index contributed by atoms with van der Waals surface area (Å²) < 4.78 is 11.3. The molecule has 3 aliphatic heterocycles. The van der Waals surface area contributed by atoms with Crippen molar-refractivity contribution in [1.82, 2.24) is 20.2 Å². The van der Waals surface area contributed by atoms with E-state index in [2.05, 4.69) is 21.3 Å². The molecular formula is C22H26N4O2. The number of nitrogens with one attached hydrogen (secondary N) is 1. The first-order chi connectivity index (χ1) is 13.8. The zero-order chi connectivity index (χ0) is 18.9. The topological polar surface area (TPSA) is 59.5 Å². The highest BCUT2D eigenvalue weighted by Crippen LogP contribution is 2.31. The van der Waals surface area contributed by atoms with Crippen molar-refractivity contribution in [1.29, 1.82) is 0 Å². The summed E-state index contributed by atoms with van der Waals surface area (Å²) in [7, 11) is 1.69. The van der Waals surface area contributed by atoms with Gasteiger partial charge in [-0.2, -0.15) is 0 Å². The summed E-state index contributed by atoms with van der Waals surface area (Å²) in [4.78, 5) is 12.0. The van der Waals surface area contributed by atoms with Gasteiger partial charge in [0, 0.05) is 49.1 Å². The Labute approximate surface area is 165 Å². The minimum atomic E-state index is 0.338. The molecule has 28 heavy (non-hydrogen) atoms. The Bertz CT molecular complexity index is 905. The van der Waals surface area contributed by atoms with Crippen LogP contribution in [0.5, 0.6) is 11.5 Å². The molecule has 5 rings (SSSR count). The third kappa shape index (κ3) is 3.50. The molecule has 4 heterocycles. The molecule has 0 radical (unpaired) electrons. The molecular weight excluding hydrogens is 352 g/mol. The smallest absolute Gasteiger partial charge is 0.145 e. The maximum Gasteiger partial charge on any atom is 0.145 e. The summed E-state index contributed by atoms with van der Waals surface area (Å²) in [5, 5.41) is 3.49. The van der Waals surface area contributed by atoms with Gasteiger partial charge in [-0.3, -0.25) is 4.90 Å². The average Bonchev–Trinajstić information content (AvgIpc) is 3.28. The number of methoxy groups -OCH3 is 1. The van der Waals surface area contributed by atoms with E-state index in [4.69, 9.17) is 14.5 Å².